The van der Waals surface area contributed by atoms with Crippen LogP contribution < -0.4 is 5.32 Å². The minimum atomic E-state index is -0.504. The SMILES string of the molecule is CN(C(=O)c1ccc2cc(Br)ccc2c1)[C@@H]1CNC[C@H]1O. The van der Waals surface area contributed by atoms with E-state index in [0.29, 0.717) is 18.7 Å². The van der Waals surface area contributed by atoms with Crippen LogP contribution >= 0.6 is 15.9 Å². The second-order valence-electron chi connectivity index (χ2n) is 5.42. The van der Waals surface area contributed by atoms with Gasteiger partial charge in [0.1, 0.15) is 0 Å². The average molecular weight is 349 g/mol. The van der Waals surface area contributed by atoms with E-state index in [4.69, 9.17) is 0 Å². The summed E-state index contributed by atoms with van der Waals surface area (Å²) in [6, 6.07) is 11.5. The van der Waals surface area contributed by atoms with E-state index < -0.39 is 6.10 Å². The Labute approximate surface area is 131 Å². The van der Waals surface area contributed by atoms with Crippen molar-refractivity contribution in [2.24, 2.45) is 0 Å². The molecule has 2 aromatic carbocycles. The molecule has 0 bridgehead atoms. The normalized spacial score (nSPS) is 21.7. The summed E-state index contributed by atoms with van der Waals surface area (Å²) < 4.78 is 1.02. The third-order valence-electron chi connectivity index (χ3n) is 4.02. The van der Waals surface area contributed by atoms with Gasteiger partial charge in [-0.2, -0.15) is 0 Å². The van der Waals surface area contributed by atoms with Gasteiger partial charge in [0.05, 0.1) is 12.1 Å². The maximum absolute atomic E-state index is 12.6. The number of benzene rings is 2. The lowest BCUT2D eigenvalue weighted by Gasteiger charge is -2.26. The molecule has 0 spiro atoms. The minimum Gasteiger partial charge on any atom is -0.390 e. The molecule has 21 heavy (non-hydrogen) atoms. The van der Waals surface area contributed by atoms with Crippen LogP contribution in [0.2, 0.25) is 0 Å². The van der Waals surface area contributed by atoms with Crippen molar-refractivity contribution in [1.82, 2.24) is 10.2 Å². The summed E-state index contributed by atoms with van der Waals surface area (Å²) >= 11 is 3.44. The lowest BCUT2D eigenvalue weighted by atomic mass is 10.1. The summed E-state index contributed by atoms with van der Waals surface area (Å²) in [6.07, 6.45) is -0.504. The number of carbonyl (C=O) groups excluding carboxylic acids is 1. The molecular formula is C16H17BrN2O2. The molecule has 1 saturated heterocycles. The Bertz CT molecular complexity index is 689. The highest BCUT2D eigenvalue weighted by Crippen LogP contribution is 2.22. The Morgan fingerprint density at radius 1 is 1.24 bits per heavy atom. The molecule has 0 aliphatic carbocycles. The number of fused-ring (bicyclic) bond motifs is 1. The van der Waals surface area contributed by atoms with Crippen molar-refractivity contribution < 1.29 is 9.90 Å². The molecule has 0 saturated carbocycles. The Hall–Kier alpha value is -1.43. The van der Waals surface area contributed by atoms with Gasteiger partial charge in [-0.25, -0.2) is 0 Å². The summed E-state index contributed by atoms with van der Waals surface area (Å²) in [5.41, 5.74) is 0.645. The minimum absolute atomic E-state index is 0.0624. The Kier molecular flexibility index (Phi) is 3.97. The Morgan fingerprint density at radius 3 is 2.67 bits per heavy atom. The third-order valence-corrected chi connectivity index (χ3v) is 4.51. The summed E-state index contributed by atoms with van der Waals surface area (Å²) in [5, 5.41) is 15.1. The van der Waals surface area contributed by atoms with Gasteiger partial charge >= 0.3 is 0 Å². The van der Waals surface area contributed by atoms with Crippen molar-refractivity contribution in [3.8, 4) is 0 Å². The number of hydrogen-bond donors (Lipinski definition) is 2. The van der Waals surface area contributed by atoms with E-state index >= 15 is 0 Å². The van der Waals surface area contributed by atoms with Crippen molar-refractivity contribution in [2.45, 2.75) is 12.1 Å². The zero-order valence-electron chi connectivity index (χ0n) is 11.7. The highest BCUT2D eigenvalue weighted by Gasteiger charge is 2.31. The van der Waals surface area contributed by atoms with Crippen LogP contribution in [0.25, 0.3) is 10.8 Å². The second kappa shape index (κ2) is 5.75. The molecule has 2 aromatic rings. The van der Waals surface area contributed by atoms with Crippen LogP contribution in [0.1, 0.15) is 10.4 Å². The fourth-order valence-corrected chi connectivity index (χ4v) is 3.13. The molecular weight excluding hydrogens is 332 g/mol. The number of rotatable bonds is 2. The van der Waals surface area contributed by atoms with Crippen LogP contribution in [-0.2, 0) is 0 Å². The smallest absolute Gasteiger partial charge is 0.254 e. The van der Waals surface area contributed by atoms with Crippen molar-refractivity contribution in [1.29, 1.82) is 0 Å². The van der Waals surface area contributed by atoms with Crippen molar-refractivity contribution >= 4 is 32.6 Å². The van der Waals surface area contributed by atoms with Gasteiger partial charge in [-0.15, -0.1) is 0 Å². The fraction of sp³-hybridized carbons (Fsp3) is 0.312. The quantitative estimate of drug-likeness (QED) is 0.872. The molecule has 1 fully saturated rings. The monoisotopic (exact) mass is 348 g/mol. The molecule has 1 heterocycles. The molecule has 0 unspecified atom stereocenters. The number of halogens is 1. The maximum atomic E-state index is 12.6. The highest BCUT2D eigenvalue weighted by molar-refractivity contribution is 9.10. The van der Waals surface area contributed by atoms with Crippen LogP contribution in [0.4, 0.5) is 0 Å². The first-order valence-corrected chi connectivity index (χ1v) is 7.71. The van der Waals surface area contributed by atoms with Gasteiger partial charge < -0.3 is 15.3 Å². The molecule has 110 valence electrons. The van der Waals surface area contributed by atoms with Gasteiger partial charge in [0, 0.05) is 30.2 Å². The van der Waals surface area contributed by atoms with Crippen molar-refractivity contribution in [3.63, 3.8) is 0 Å². The zero-order valence-corrected chi connectivity index (χ0v) is 13.3. The van der Waals surface area contributed by atoms with Crippen molar-refractivity contribution in [3.05, 3.63) is 46.4 Å². The number of aliphatic hydroxyl groups excluding tert-OH is 1. The van der Waals surface area contributed by atoms with E-state index in [0.717, 1.165) is 15.2 Å². The topological polar surface area (TPSA) is 52.6 Å². The van der Waals surface area contributed by atoms with Crippen LogP contribution in [-0.4, -0.2) is 48.2 Å². The molecule has 4 nitrogen and oxygen atoms in total. The molecule has 3 rings (SSSR count). The largest absolute Gasteiger partial charge is 0.390 e. The number of hydrogen-bond acceptors (Lipinski definition) is 3. The van der Waals surface area contributed by atoms with Crippen LogP contribution in [0.3, 0.4) is 0 Å². The second-order valence-corrected chi connectivity index (χ2v) is 6.33. The third kappa shape index (κ3) is 2.81. The van der Waals surface area contributed by atoms with E-state index in [1.165, 1.54) is 0 Å². The van der Waals surface area contributed by atoms with Crippen LogP contribution in [0.5, 0.6) is 0 Å². The van der Waals surface area contributed by atoms with Gasteiger partial charge in [-0.05, 0) is 35.0 Å². The van der Waals surface area contributed by atoms with Gasteiger partial charge in [-0.1, -0.05) is 28.1 Å². The van der Waals surface area contributed by atoms with Crippen LogP contribution in [0, 0.1) is 0 Å². The first kappa shape index (κ1) is 14.5. The predicted octanol–water partition coefficient (Wildman–Crippen LogP) is 2.01. The molecule has 1 aliphatic heterocycles. The molecule has 2 N–H and O–H groups in total. The number of carbonyl (C=O) groups is 1. The summed E-state index contributed by atoms with van der Waals surface area (Å²) in [7, 11) is 1.75. The van der Waals surface area contributed by atoms with E-state index in [1.54, 1.807) is 11.9 Å². The number of β-amino-alcohol motifs (C(OH)–C–C–N with tert-alkyl or cyclic N) is 1. The summed E-state index contributed by atoms with van der Waals surface area (Å²) in [6.45, 7) is 1.16. The predicted molar refractivity (Wildman–Crippen MR) is 86.4 cm³/mol. The standard InChI is InChI=1S/C16H17BrN2O2/c1-19(14-8-18-9-15(14)20)16(21)12-3-2-11-7-13(17)5-4-10(11)6-12/h2-7,14-15,18,20H,8-9H2,1H3/t14-,15-/m1/s1. The summed E-state index contributed by atoms with van der Waals surface area (Å²) in [5.74, 6) is -0.0624. The fourth-order valence-electron chi connectivity index (χ4n) is 2.75. The van der Waals surface area contributed by atoms with Gasteiger partial charge in [-0.3, -0.25) is 4.79 Å². The van der Waals surface area contributed by atoms with Gasteiger partial charge in [0.15, 0.2) is 0 Å². The molecule has 1 amide bonds. The molecule has 2 atom stereocenters. The van der Waals surface area contributed by atoms with E-state index in [9.17, 15) is 9.90 Å². The lowest BCUT2D eigenvalue weighted by Crippen LogP contribution is -2.44. The van der Waals surface area contributed by atoms with Gasteiger partial charge in [0.25, 0.3) is 5.91 Å². The van der Waals surface area contributed by atoms with E-state index in [-0.39, 0.29) is 11.9 Å². The van der Waals surface area contributed by atoms with Gasteiger partial charge in [0.2, 0.25) is 0 Å². The zero-order chi connectivity index (χ0) is 15.0. The molecule has 0 radical (unpaired) electrons. The summed E-state index contributed by atoms with van der Waals surface area (Å²) in [4.78, 5) is 14.2. The average Bonchev–Trinajstić information content (AvgIpc) is 2.91. The molecule has 1 aliphatic rings. The van der Waals surface area contributed by atoms with E-state index in [1.807, 2.05) is 36.4 Å². The Balaban J connectivity index is 1.89. The highest BCUT2D eigenvalue weighted by atomic mass is 79.9. The molecule has 0 aromatic heterocycles. The first-order chi connectivity index (χ1) is 10.1. The van der Waals surface area contributed by atoms with E-state index in [2.05, 4.69) is 21.2 Å². The number of aliphatic hydroxyl groups is 1. The molecule has 5 heteroatoms. The van der Waals surface area contributed by atoms with Crippen LogP contribution in [0.15, 0.2) is 40.9 Å². The number of nitrogens with zero attached hydrogens (tertiary/aromatic N) is 1. The number of nitrogens with one attached hydrogen (secondary N) is 1. The first-order valence-electron chi connectivity index (χ1n) is 6.91. The number of likely N-dealkylation sites (N-methyl/N-ethyl adjacent to an activating group) is 1. The van der Waals surface area contributed by atoms with Crippen molar-refractivity contribution in [2.75, 3.05) is 20.1 Å². The number of amides is 1. The lowest BCUT2D eigenvalue weighted by molar-refractivity contribution is 0.0581. The Morgan fingerprint density at radius 2 is 1.95 bits per heavy atom. The maximum Gasteiger partial charge on any atom is 0.254 e.